The average Bonchev–Trinajstić information content (AvgIpc) is 3.38. The second kappa shape index (κ2) is 8.39. The fraction of sp³-hybridized carbons (Fsp3) is 0.120. The first-order valence-electron chi connectivity index (χ1n) is 10.5. The van der Waals surface area contributed by atoms with Gasteiger partial charge in [0.15, 0.2) is 0 Å². The van der Waals surface area contributed by atoms with Crippen LogP contribution in [0.3, 0.4) is 0 Å². The number of hydrogen-bond acceptors (Lipinski definition) is 5. The number of phenols is 2. The lowest BCUT2D eigenvalue weighted by Crippen LogP contribution is -2.26. The van der Waals surface area contributed by atoms with Gasteiger partial charge in [0.2, 0.25) is 0 Å². The minimum atomic E-state index is -0.447. The molecule has 1 aliphatic rings. The van der Waals surface area contributed by atoms with Gasteiger partial charge in [0.25, 0.3) is 5.91 Å². The monoisotopic (exact) mass is 478 g/mol. The van der Waals surface area contributed by atoms with Crippen LogP contribution in [0.1, 0.15) is 21.5 Å². The van der Waals surface area contributed by atoms with Gasteiger partial charge >= 0.3 is 0 Å². The molecule has 3 aromatic carbocycles. The van der Waals surface area contributed by atoms with Crippen molar-refractivity contribution in [1.29, 1.82) is 0 Å². The zero-order chi connectivity index (χ0) is 24.0. The second-order valence-corrected chi connectivity index (χ2v) is 8.51. The van der Waals surface area contributed by atoms with Gasteiger partial charge in [-0.2, -0.15) is 5.10 Å². The van der Waals surface area contributed by atoms with Crippen molar-refractivity contribution < 1.29 is 19.4 Å². The Hall–Kier alpha value is -4.04. The number of aromatic hydroxyl groups is 2. The molecule has 3 N–H and O–H groups in total. The normalized spacial score (nSPS) is 12.6. The van der Waals surface area contributed by atoms with E-state index in [0.717, 1.165) is 17.2 Å². The Labute approximate surface area is 199 Å². The van der Waals surface area contributed by atoms with Gasteiger partial charge < -0.3 is 20.4 Å². The maximum absolute atomic E-state index is 13.8. The number of fused-ring (bicyclic) bond motifs is 1. The van der Waals surface area contributed by atoms with E-state index < -0.39 is 5.82 Å². The van der Waals surface area contributed by atoms with Crippen molar-refractivity contribution >= 4 is 29.0 Å². The first kappa shape index (κ1) is 21.8. The van der Waals surface area contributed by atoms with Crippen molar-refractivity contribution in [2.24, 2.45) is 7.05 Å². The number of carbonyl (C=O) groups is 1. The van der Waals surface area contributed by atoms with Crippen LogP contribution in [0.5, 0.6) is 11.5 Å². The summed E-state index contributed by atoms with van der Waals surface area (Å²) in [4.78, 5) is 15.0. The fourth-order valence-electron chi connectivity index (χ4n) is 4.12. The van der Waals surface area contributed by atoms with E-state index in [1.165, 1.54) is 28.9 Å². The zero-order valence-corrected chi connectivity index (χ0v) is 18.8. The molecule has 4 aromatic rings. The van der Waals surface area contributed by atoms with Gasteiger partial charge in [0.05, 0.1) is 16.4 Å². The van der Waals surface area contributed by atoms with Gasteiger partial charge in [0.1, 0.15) is 28.7 Å². The molecule has 0 aliphatic carbocycles. The van der Waals surface area contributed by atoms with E-state index >= 15 is 0 Å². The molecule has 0 atom stereocenters. The number of anilines is 2. The molecule has 0 saturated carbocycles. The van der Waals surface area contributed by atoms with Crippen LogP contribution in [0.2, 0.25) is 5.02 Å². The number of aryl methyl sites for hydroxylation is 1. The van der Waals surface area contributed by atoms with Gasteiger partial charge in [0, 0.05) is 43.9 Å². The summed E-state index contributed by atoms with van der Waals surface area (Å²) in [6.07, 6.45) is 0. The van der Waals surface area contributed by atoms with Crippen molar-refractivity contribution in [2.45, 2.75) is 13.1 Å². The van der Waals surface area contributed by atoms with Gasteiger partial charge in [-0.3, -0.25) is 9.48 Å². The van der Waals surface area contributed by atoms with Crippen molar-refractivity contribution in [3.63, 3.8) is 0 Å². The summed E-state index contributed by atoms with van der Waals surface area (Å²) < 4.78 is 15.3. The van der Waals surface area contributed by atoms with E-state index in [2.05, 4.69) is 10.4 Å². The van der Waals surface area contributed by atoms with Crippen molar-refractivity contribution in [3.05, 3.63) is 88.2 Å². The fourth-order valence-corrected chi connectivity index (χ4v) is 4.33. The van der Waals surface area contributed by atoms with Crippen LogP contribution >= 0.6 is 11.6 Å². The summed E-state index contributed by atoms with van der Waals surface area (Å²) in [5.74, 6) is -0.946. The summed E-state index contributed by atoms with van der Waals surface area (Å²) in [5.41, 5.74) is 3.16. The average molecular weight is 479 g/mol. The Kier molecular flexibility index (Phi) is 5.37. The minimum absolute atomic E-state index is 0.0251. The third-order valence-corrected chi connectivity index (χ3v) is 6.12. The highest BCUT2D eigenvalue weighted by Gasteiger charge is 2.28. The summed E-state index contributed by atoms with van der Waals surface area (Å²) in [7, 11) is 1.67. The van der Waals surface area contributed by atoms with Gasteiger partial charge in [-0.15, -0.1) is 0 Å². The highest BCUT2D eigenvalue weighted by atomic mass is 35.5. The number of nitrogens with zero attached hydrogens (tertiary/aromatic N) is 3. The van der Waals surface area contributed by atoms with Gasteiger partial charge in [-0.25, -0.2) is 4.39 Å². The van der Waals surface area contributed by atoms with Crippen molar-refractivity contribution in [1.82, 2.24) is 14.7 Å². The summed E-state index contributed by atoms with van der Waals surface area (Å²) >= 11 is 6.22. The predicted octanol–water partition coefficient (Wildman–Crippen LogP) is 5.19. The molecule has 0 fully saturated rings. The molecule has 0 saturated heterocycles. The van der Waals surface area contributed by atoms with E-state index in [9.17, 15) is 19.4 Å². The Morgan fingerprint density at radius 2 is 1.76 bits per heavy atom. The summed E-state index contributed by atoms with van der Waals surface area (Å²) in [6.45, 7) is 0.839. The van der Waals surface area contributed by atoms with Crippen LogP contribution in [0.15, 0.2) is 60.7 Å². The molecule has 34 heavy (non-hydrogen) atoms. The maximum Gasteiger partial charge on any atom is 0.260 e. The van der Waals surface area contributed by atoms with Gasteiger partial charge in [-0.1, -0.05) is 35.9 Å². The Bertz CT molecular complexity index is 1410. The van der Waals surface area contributed by atoms with E-state index in [-0.39, 0.29) is 28.7 Å². The zero-order valence-electron chi connectivity index (χ0n) is 18.1. The first-order chi connectivity index (χ1) is 16.3. The number of rotatable bonds is 4. The molecule has 172 valence electrons. The van der Waals surface area contributed by atoms with E-state index in [1.807, 2.05) is 24.3 Å². The number of amides is 1. The van der Waals surface area contributed by atoms with Crippen LogP contribution in [0.25, 0.3) is 11.3 Å². The largest absolute Gasteiger partial charge is 0.508 e. The van der Waals surface area contributed by atoms with Crippen molar-refractivity contribution in [3.8, 4) is 22.8 Å². The minimum Gasteiger partial charge on any atom is -0.508 e. The molecule has 1 aliphatic heterocycles. The molecule has 0 spiro atoms. The Morgan fingerprint density at radius 1 is 1.06 bits per heavy atom. The lowest BCUT2D eigenvalue weighted by Gasteiger charge is -2.19. The quantitative estimate of drug-likeness (QED) is 0.375. The Balaban J connectivity index is 1.49. The Morgan fingerprint density at radius 3 is 2.47 bits per heavy atom. The molecule has 0 bridgehead atoms. The van der Waals surface area contributed by atoms with Crippen molar-refractivity contribution in [2.75, 3.05) is 5.32 Å². The third-order valence-electron chi connectivity index (χ3n) is 5.79. The number of phenolic OH excluding ortho intramolecular Hbond substituents is 2. The third kappa shape index (κ3) is 3.92. The number of nitrogens with one attached hydrogen (secondary N) is 1. The lowest BCUT2D eigenvalue weighted by atomic mass is 10.1. The van der Waals surface area contributed by atoms with E-state index in [0.29, 0.717) is 35.2 Å². The van der Waals surface area contributed by atoms with Crippen LogP contribution < -0.4 is 5.32 Å². The summed E-state index contributed by atoms with van der Waals surface area (Å²) in [6, 6.07) is 15.9. The number of aromatic nitrogens is 2. The molecular formula is C25H20ClFN4O3. The van der Waals surface area contributed by atoms with Crippen LogP contribution in [-0.4, -0.2) is 30.8 Å². The molecule has 9 heteroatoms. The number of carbonyl (C=O) groups excluding carboxylic acids is 1. The molecule has 0 unspecified atom stereocenters. The molecular weight excluding hydrogens is 459 g/mol. The molecule has 1 aromatic heterocycles. The van der Waals surface area contributed by atoms with Crippen LogP contribution in [0, 0.1) is 5.82 Å². The maximum atomic E-state index is 13.8. The van der Waals surface area contributed by atoms with Crippen LogP contribution in [0.4, 0.5) is 15.9 Å². The molecule has 2 heterocycles. The topological polar surface area (TPSA) is 90.6 Å². The second-order valence-electron chi connectivity index (χ2n) is 8.10. The smallest absolute Gasteiger partial charge is 0.260 e. The van der Waals surface area contributed by atoms with Gasteiger partial charge in [-0.05, 0) is 29.3 Å². The standard InChI is InChI=1S/C25H20ClFN4O3/c1-30-23(11-20(29-30)18-8-16(27)6-7-19(18)26)28-21-9-17(32)10-22(33)24(21)25(34)31-12-14-4-2-3-5-15(14)13-31/h2-11,28,32-33H,12-13H2,1H3. The molecule has 0 radical (unpaired) electrons. The number of halogens is 2. The number of benzene rings is 3. The SMILES string of the molecule is Cn1nc(-c2cc(F)ccc2Cl)cc1Nc1cc(O)cc(O)c1C(=O)N1Cc2ccccc2C1. The molecule has 7 nitrogen and oxygen atoms in total. The highest BCUT2D eigenvalue weighted by molar-refractivity contribution is 6.33. The van der Waals surface area contributed by atoms with E-state index in [4.69, 9.17) is 11.6 Å². The van der Waals surface area contributed by atoms with E-state index in [1.54, 1.807) is 18.0 Å². The highest BCUT2D eigenvalue weighted by Crippen LogP contribution is 2.37. The molecule has 5 rings (SSSR count). The number of hydrogen-bond donors (Lipinski definition) is 3. The van der Waals surface area contributed by atoms with Crippen LogP contribution in [-0.2, 0) is 20.1 Å². The summed E-state index contributed by atoms with van der Waals surface area (Å²) in [5, 5.41) is 28.5. The predicted molar refractivity (Wildman–Crippen MR) is 127 cm³/mol. The lowest BCUT2D eigenvalue weighted by molar-refractivity contribution is 0.0749. The molecule has 1 amide bonds. The first-order valence-corrected chi connectivity index (χ1v) is 10.9.